The van der Waals surface area contributed by atoms with E-state index in [1.807, 2.05) is 38.1 Å². The van der Waals surface area contributed by atoms with Crippen LogP contribution < -0.4 is 0 Å². The van der Waals surface area contributed by atoms with Gasteiger partial charge in [-0.25, -0.2) is 0 Å². The molecule has 2 rings (SSSR count). The Bertz CT molecular complexity index is 478. The lowest BCUT2D eigenvalue weighted by Gasteiger charge is -2.33. The fourth-order valence-electron chi connectivity index (χ4n) is 3.04. The Labute approximate surface area is 138 Å². The number of ketones is 1. The first-order valence-electron chi connectivity index (χ1n) is 8.05. The number of piperidine rings is 1. The average molecular weight is 324 g/mol. The van der Waals surface area contributed by atoms with Gasteiger partial charge in [-0.2, -0.15) is 0 Å². The Hall–Kier alpha value is -0.900. The lowest BCUT2D eigenvalue weighted by atomic mass is 9.88. The van der Waals surface area contributed by atoms with E-state index in [9.17, 15) is 4.79 Å². The lowest BCUT2D eigenvalue weighted by molar-refractivity contribution is -0.124. The van der Waals surface area contributed by atoms with E-state index in [2.05, 4.69) is 4.90 Å². The molecule has 0 amide bonds. The van der Waals surface area contributed by atoms with Crippen LogP contribution in [-0.2, 0) is 9.53 Å². The topological polar surface area (TPSA) is 29.5 Å². The number of Topliss-reactive ketones (excluding diaryl/α,β-unsaturated/α-hetero) is 1. The summed E-state index contributed by atoms with van der Waals surface area (Å²) >= 11 is 5.97. The van der Waals surface area contributed by atoms with Crippen LogP contribution in [0.25, 0.3) is 0 Å². The fourth-order valence-corrected chi connectivity index (χ4v) is 3.17. The van der Waals surface area contributed by atoms with Crippen LogP contribution >= 0.6 is 11.6 Å². The van der Waals surface area contributed by atoms with Crippen LogP contribution in [0, 0.1) is 5.92 Å². The van der Waals surface area contributed by atoms with Gasteiger partial charge in [-0.05, 0) is 30.5 Å². The van der Waals surface area contributed by atoms with Crippen LogP contribution in [0.1, 0.15) is 38.2 Å². The highest BCUT2D eigenvalue weighted by Gasteiger charge is 2.27. The Kier molecular flexibility index (Phi) is 6.42. The highest BCUT2D eigenvalue weighted by molar-refractivity contribution is 6.30. The van der Waals surface area contributed by atoms with Gasteiger partial charge in [0.05, 0.1) is 12.0 Å². The molecule has 1 atom stereocenters. The van der Waals surface area contributed by atoms with Gasteiger partial charge in [0.2, 0.25) is 0 Å². The summed E-state index contributed by atoms with van der Waals surface area (Å²) in [6, 6.07) is 7.70. The maximum Gasteiger partial charge on any atom is 0.144 e. The van der Waals surface area contributed by atoms with Gasteiger partial charge in [-0.1, -0.05) is 37.6 Å². The number of hydrogen-bond donors (Lipinski definition) is 0. The molecule has 0 radical (unpaired) electrons. The van der Waals surface area contributed by atoms with Crippen LogP contribution in [0.15, 0.2) is 24.3 Å². The number of rotatable bonds is 6. The van der Waals surface area contributed by atoms with Crippen LogP contribution in [-0.4, -0.2) is 43.5 Å². The van der Waals surface area contributed by atoms with E-state index in [-0.39, 0.29) is 11.8 Å². The van der Waals surface area contributed by atoms with Gasteiger partial charge >= 0.3 is 0 Å². The molecule has 122 valence electrons. The Balaban J connectivity index is 2.08. The first-order valence-corrected chi connectivity index (χ1v) is 8.43. The van der Waals surface area contributed by atoms with Crippen LogP contribution in [0.5, 0.6) is 0 Å². The molecule has 0 aliphatic carbocycles. The van der Waals surface area contributed by atoms with E-state index in [1.165, 1.54) is 0 Å². The molecule has 0 aromatic heterocycles. The number of carbonyl (C=O) groups is 1. The molecule has 0 unspecified atom stereocenters. The van der Waals surface area contributed by atoms with Gasteiger partial charge in [0.25, 0.3) is 0 Å². The number of ether oxygens (including phenoxy) is 1. The largest absolute Gasteiger partial charge is 0.381 e. The predicted octanol–water partition coefficient (Wildman–Crippen LogP) is 3.76. The third-order valence-corrected chi connectivity index (χ3v) is 4.75. The smallest absolute Gasteiger partial charge is 0.144 e. The van der Waals surface area contributed by atoms with E-state index in [1.54, 1.807) is 7.11 Å². The molecule has 22 heavy (non-hydrogen) atoms. The van der Waals surface area contributed by atoms with Crippen molar-refractivity contribution < 1.29 is 9.53 Å². The molecule has 0 spiro atoms. The lowest BCUT2D eigenvalue weighted by Crippen LogP contribution is -2.40. The highest BCUT2D eigenvalue weighted by atomic mass is 35.5. The number of halogens is 1. The molecule has 0 saturated carbocycles. The quantitative estimate of drug-likeness (QED) is 0.798. The molecule has 1 fully saturated rings. The van der Waals surface area contributed by atoms with Crippen LogP contribution in [0.3, 0.4) is 0 Å². The number of hydrogen-bond acceptors (Lipinski definition) is 3. The second-order valence-corrected chi connectivity index (χ2v) is 6.83. The molecule has 1 aromatic carbocycles. The minimum atomic E-state index is -0.0728. The molecule has 1 aliphatic heterocycles. The standard InChI is InChI=1S/C18H26ClNO2/c1-13(2)18(21)17(14-4-6-15(19)7-5-14)12-20-10-8-16(22-3)9-11-20/h4-7,13,16-17H,8-12H2,1-3H3/t17-/m0/s1. The van der Waals surface area contributed by atoms with Crippen LogP contribution in [0.2, 0.25) is 5.02 Å². The highest BCUT2D eigenvalue weighted by Crippen LogP contribution is 2.25. The van der Waals surface area contributed by atoms with Crippen molar-refractivity contribution in [2.24, 2.45) is 5.92 Å². The SMILES string of the molecule is COC1CCN(C[C@H](C(=O)C(C)C)c2ccc(Cl)cc2)CC1. The summed E-state index contributed by atoms with van der Waals surface area (Å²) in [5.74, 6) is 0.268. The summed E-state index contributed by atoms with van der Waals surface area (Å²) in [7, 11) is 1.78. The zero-order valence-corrected chi connectivity index (χ0v) is 14.5. The molecular weight excluding hydrogens is 298 g/mol. The Morgan fingerprint density at radius 3 is 2.36 bits per heavy atom. The fraction of sp³-hybridized carbons (Fsp3) is 0.611. The Morgan fingerprint density at radius 2 is 1.86 bits per heavy atom. The second kappa shape index (κ2) is 8.09. The summed E-state index contributed by atoms with van der Waals surface area (Å²) in [6.07, 6.45) is 2.45. The van der Waals surface area contributed by atoms with Gasteiger partial charge in [0, 0.05) is 37.7 Å². The van der Waals surface area contributed by atoms with Crippen molar-refractivity contribution in [3.8, 4) is 0 Å². The van der Waals surface area contributed by atoms with Crippen molar-refractivity contribution in [3.63, 3.8) is 0 Å². The zero-order valence-electron chi connectivity index (χ0n) is 13.7. The summed E-state index contributed by atoms with van der Waals surface area (Å²) in [5.41, 5.74) is 1.07. The molecule has 3 nitrogen and oxygen atoms in total. The minimum absolute atomic E-state index is 0.0391. The predicted molar refractivity (Wildman–Crippen MR) is 90.5 cm³/mol. The van der Waals surface area contributed by atoms with E-state index in [0.717, 1.165) is 38.0 Å². The summed E-state index contributed by atoms with van der Waals surface area (Å²) in [4.78, 5) is 15.0. The third kappa shape index (κ3) is 4.55. The van der Waals surface area contributed by atoms with Crippen molar-refractivity contribution in [2.45, 2.75) is 38.7 Å². The van der Waals surface area contributed by atoms with Crippen LogP contribution in [0.4, 0.5) is 0 Å². The Morgan fingerprint density at radius 1 is 1.27 bits per heavy atom. The van der Waals surface area contributed by atoms with E-state index < -0.39 is 0 Å². The molecule has 1 aromatic rings. The number of benzene rings is 1. The monoisotopic (exact) mass is 323 g/mol. The van der Waals surface area contributed by atoms with Crippen molar-refractivity contribution in [2.75, 3.05) is 26.7 Å². The molecular formula is C18H26ClNO2. The average Bonchev–Trinajstić information content (AvgIpc) is 2.53. The maximum atomic E-state index is 12.6. The van der Waals surface area contributed by atoms with Gasteiger partial charge in [-0.15, -0.1) is 0 Å². The van der Waals surface area contributed by atoms with Crippen molar-refractivity contribution >= 4 is 17.4 Å². The number of carbonyl (C=O) groups excluding carboxylic acids is 1. The van der Waals surface area contributed by atoms with Gasteiger partial charge in [-0.3, -0.25) is 4.79 Å². The van der Waals surface area contributed by atoms with Gasteiger partial charge in [0.1, 0.15) is 5.78 Å². The van der Waals surface area contributed by atoms with Crippen molar-refractivity contribution in [3.05, 3.63) is 34.9 Å². The van der Waals surface area contributed by atoms with Crippen molar-refractivity contribution in [1.82, 2.24) is 4.90 Å². The van der Waals surface area contributed by atoms with Crippen molar-refractivity contribution in [1.29, 1.82) is 0 Å². The number of likely N-dealkylation sites (tertiary alicyclic amines) is 1. The summed E-state index contributed by atoms with van der Waals surface area (Å²) < 4.78 is 5.42. The molecule has 0 N–H and O–H groups in total. The molecule has 1 saturated heterocycles. The van der Waals surface area contributed by atoms with E-state index in [4.69, 9.17) is 16.3 Å². The number of methoxy groups -OCH3 is 1. The molecule has 4 heteroatoms. The molecule has 1 aliphatic rings. The normalized spacial score (nSPS) is 18.6. The summed E-state index contributed by atoms with van der Waals surface area (Å²) in [6.45, 7) is 6.72. The molecule has 1 heterocycles. The zero-order chi connectivity index (χ0) is 16.1. The third-order valence-electron chi connectivity index (χ3n) is 4.49. The second-order valence-electron chi connectivity index (χ2n) is 6.40. The summed E-state index contributed by atoms with van der Waals surface area (Å²) in [5, 5.41) is 0.709. The molecule has 0 bridgehead atoms. The number of nitrogens with zero attached hydrogens (tertiary/aromatic N) is 1. The first kappa shape index (κ1) is 17.5. The van der Waals surface area contributed by atoms with Gasteiger partial charge in [0.15, 0.2) is 0 Å². The maximum absolute atomic E-state index is 12.6. The van der Waals surface area contributed by atoms with E-state index >= 15 is 0 Å². The first-order chi connectivity index (χ1) is 10.5. The van der Waals surface area contributed by atoms with E-state index in [0.29, 0.717) is 16.9 Å². The van der Waals surface area contributed by atoms with Gasteiger partial charge < -0.3 is 9.64 Å². The minimum Gasteiger partial charge on any atom is -0.381 e.